The molecule has 2 heterocycles. The van der Waals surface area contributed by atoms with E-state index in [0.717, 1.165) is 43.9 Å². The summed E-state index contributed by atoms with van der Waals surface area (Å²) in [5.41, 5.74) is 3.19. The summed E-state index contributed by atoms with van der Waals surface area (Å²) in [5, 5.41) is 10.7. The molecule has 168 valence electrons. The smallest absolute Gasteiger partial charge is 0.240 e. The van der Waals surface area contributed by atoms with Gasteiger partial charge in [-0.2, -0.15) is 5.10 Å². The van der Waals surface area contributed by atoms with Gasteiger partial charge in [0, 0.05) is 49.9 Å². The van der Waals surface area contributed by atoms with Crippen molar-refractivity contribution in [1.82, 2.24) is 29.9 Å². The molecule has 0 spiro atoms. The highest BCUT2D eigenvalue weighted by Gasteiger charge is 2.15. The normalized spacial score (nSPS) is 15.1. The molecule has 32 heavy (non-hydrogen) atoms. The first-order valence-corrected chi connectivity index (χ1v) is 11.4. The Hall–Kier alpha value is -2.52. The molecule has 0 saturated carbocycles. The number of hydrogen-bond acceptors (Lipinski definition) is 5. The van der Waals surface area contributed by atoms with Crippen molar-refractivity contribution in [1.29, 1.82) is 0 Å². The molecule has 0 bridgehead atoms. The Balaban J connectivity index is 1.35. The summed E-state index contributed by atoms with van der Waals surface area (Å²) in [6.45, 7) is 5.86. The minimum absolute atomic E-state index is 0.0915. The van der Waals surface area contributed by atoms with E-state index in [1.807, 2.05) is 18.2 Å². The van der Waals surface area contributed by atoms with E-state index >= 15 is 0 Å². The van der Waals surface area contributed by atoms with Crippen LogP contribution in [-0.4, -0.2) is 63.7 Å². The summed E-state index contributed by atoms with van der Waals surface area (Å²) in [7, 11) is 2.16. The number of aromatic nitrogens is 3. The van der Waals surface area contributed by atoms with Crippen LogP contribution in [0.1, 0.15) is 11.1 Å². The number of carbonyl (C=O) groups excluding carboxylic acids is 1. The van der Waals surface area contributed by atoms with Gasteiger partial charge in [-0.25, -0.2) is 0 Å². The van der Waals surface area contributed by atoms with Crippen LogP contribution in [0, 0.1) is 4.77 Å². The molecular weight excluding hydrogens is 444 g/mol. The monoisotopic (exact) mass is 470 g/mol. The Morgan fingerprint density at radius 1 is 1.12 bits per heavy atom. The maximum atomic E-state index is 12.7. The number of H-pyrrole nitrogens is 1. The van der Waals surface area contributed by atoms with Crippen molar-refractivity contribution in [3.8, 4) is 11.4 Å². The predicted octanol–water partition coefficient (Wildman–Crippen LogP) is 3.32. The first-order valence-electron chi connectivity index (χ1n) is 10.6. The van der Waals surface area contributed by atoms with Crippen LogP contribution in [0.5, 0.6) is 0 Å². The number of amides is 1. The lowest BCUT2D eigenvalue weighted by Gasteiger charge is -2.32. The van der Waals surface area contributed by atoms with Crippen molar-refractivity contribution in [2.45, 2.75) is 19.6 Å². The van der Waals surface area contributed by atoms with Gasteiger partial charge in [0.1, 0.15) is 6.54 Å². The number of benzene rings is 2. The van der Waals surface area contributed by atoms with E-state index in [1.165, 1.54) is 5.56 Å². The van der Waals surface area contributed by atoms with Crippen molar-refractivity contribution < 1.29 is 4.79 Å². The lowest BCUT2D eigenvalue weighted by Crippen LogP contribution is -2.43. The number of rotatable bonds is 7. The van der Waals surface area contributed by atoms with Gasteiger partial charge in [-0.1, -0.05) is 35.9 Å². The van der Waals surface area contributed by atoms with Crippen LogP contribution < -0.4 is 5.32 Å². The Morgan fingerprint density at radius 3 is 2.59 bits per heavy atom. The third-order valence-corrected chi connectivity index (χ3v) is 6.21. The zero-order valence-corrected chi connectivity index (χ0v) is 19.6. The Morgan fingerprint density at radius 2 is 1.84 bits per heavy atom. The average molecular weight is 471 g/mol. The molecule has 1 aliphatic heterocycles. The second-order valence-corrected chi connectivity index (χ2v) is 8.94. The fraction of sp³-hybridized carbons (Fsp3) is 0.348. The van der Waals surface area contributed by atoms with E-state index < -0.39 is 0 Å². The fourth-order valence-corrected chi connectivity index (χ4v) is 4.11. The van der Waals surface area contributed by atoms with Gasteiger partial charge >= 0.3 is 0 Å². The summed E-state index contributed by atoms with van der Waals surface area (Å²) in [4.78, 5) is 17.5. The maximum Gasteiger partial charge on any atom is 0.240 e. The molecule has 2 N–H and O–H groups in total. The molecule has 4 rings (SSSR count). The summed E-state index contributed by atoms with van der Waals surface area (Å²) in [6, 6.07) is 15.7. The van der Waals surface area contributed by atoms with Crippen molar-refractivity contribution in [2.24, 2.45) is 0 Å². The average Bonchev–Trinajstić information content (AvgIpc) is 3.15. The highest BCUT2D eigenvalue weighted by atomic mass is 35.5. The third kappa shape index (κ3) is 5.83. The number of piperazine rings is 1. The topological polar surface area (TPSA) is 69.2 Å². The fourth-order valence-electron chi connectivity index (χ4n) is 3.79. The minimum atomic E-state index is -0.123. The zero-order valence-electron chi connectivity index (χ0n) is 18.1. The van der Waals surface area contributed by atoms with Crippen LogP contribution in [0.25, 0.3) is 11.4 Å². The quantitative estimate of drug-likeness (QED) is 0.518. The Bertz CT molecular complexity index is 1120. The second kappa shape index (κ2) is 10.4. The standard InChI is InChI=1S/C23H27ClN6OS/c1-28-9-11-29(12-10-28)15-18-4-2-3-17(13-18)14-25-21(31)16-30-22(26-27-23(30)32)19-5-7-20(24)8-6-19/h2-8,13H,9-12,14-16H2,1H3,(H,25,31)(H,27,32). The zero-order chi connectivity index (χ0) is 22.5. The van der Waals surface area contributed by atoms with Crippen LogP contribution in [0.4, 0.5) is 0 Å². The molecule has 3 aromatic rings. The van der Waals surface area contributed by atoms with Gasteiger partial charge < -0.3 is 10.2 Å². The number of halogens is 1. The first kappa shape index (κ1) is 22.7. The number of nitrogens with one attached hydrogen (secondary N) is 2. The van der Waals surface area contributed by atoms with Gasteiger partial charge in [-0.05, 0) is 54.7 Å². The molecule has 1 amide bonds. The summed E-state index contributed by atoms with van der Waals surface area (Å²) >= 11 is 11.3. The van der Waals surface area contributed by atoms with Crippen molar-refractivity contribution in [3.63, 3.8) is 0 Å². The minimum Gasteiger partial charge on any atom is -0.350 e. The van der Waals surface area contributed by atoms with Gasteiger partial charge in [-0.15, -0.1) is 0 Å². The lowest BCUT2D eigenvalue weighted by molar-refractivity contribution is -0.121. The van der Waals surface area contributed by atoms with Crippen molar-refractivity contribution in [3.05, 3.63) is 69.5 Å². The molecule has 0 atom stereocenters. The molecule has 1 aromatic heterocycles. The molecule has 0 radical (unpaired) electrons. The van der Waals surface area contributed by atoms with Crippen molar-refractivity contribution >= 4 is 29.7 Å². The SMILES string of the molecule is CN1CCN(Cc2cccc(CNC(=O)Cn3c(-c4ccc(Cl)cc4)n[nH]c3=S)c2)CC1. The third-order valence-electron chi connectivity index (χ3n) is 5.65. The van der Waals surface area contributed by atoms with E-state index in [-0.39, 0.29) is 12.5 Å². The Labute approximate surface area is 198 Å². The van der Waals surface area contributed by atoms with Gasteiger partial charge in [-0.3, -0.25) is 19.4 Å². The van der Waals surface area contributed by atoms with E-state index in [2.05, 4.69) is 50.6 Å². The molecule has 1 saturated heterocycles. The predicted molar refractivity (Wildman–Crippen MR) is 129 cm³/mol. The van der Waals surface area contributed by atoms with E-state index in [1.54, 1.807) is 16.7 Å². The maximum absolute atomic E-state index is 12.7. The number of hydrogen-bond donors (Lipinski definition) is 2. The van der Waals surface area contributed by atoms with Crippen LogP contribution in [0.3, 0.4) is 0 Å². The molecule has 2 aromatic carbocycles. The van der Waals surface area contributed by atoms with Gasteiger partial charge in [0.2, 0.25) is 5.91 Å². The van der Waals surface area contributed by atoms with Gasteiger partial charge in [0.15, 0.2) is 10.6 Å². The molecule has 0 unspecified atom stereocenters. The van der Waals surface area contributed by atoms with Gasteiger partial charge in [0.25, 0.3) is 0 Å². The molecule has 7 nitrogen and oxygen atoms in total. The molecule has 1 fully saturated rings. The number of aromatic amines is 1. The number of nitrogens with zero attached hydrogens (tertiary/aromatic N) is 4. The van der Waals surface area contributed by atoms with E-state index in [4.69, 9.17) is 23.8 Å². The highest BCUT2D eigenvalue weighted by molar-refractivity contribution is 7.71. The summed E-state index contributed by atoms with van der Waals surface area (Å²) in [5.74, 6) is 0.484. The number of likely N-dealkylation sites (N-methyl/N-ethyl adjacent to an activating group) is 1. The van der Waals surface area contributed by atoms with E-state index in [9.17, 15) is 4.79 Å². The second-order valence-electron chi connectivity index (χ2n) is 8.12. The Kier molecular flexibility index (Phi) is 7.36. The van der Waals surface area contributed by atoms with Crippen LogP contribution in [0.2, 0.25) is 5.02 Å². The van der Waals surface area contributed by atoms with Gasteiger partial charge in [0.05, 0.1) is 0 Å². The summed E-state index contributed by atoms with van der Waals surface area (Å²) < 4.78 is 2.09. The van der Waals surface area contributed by atoms with Crippen LogP contribution >= 0.6 is 23.8 Å². The molecule has 9 heteroatoms. The highest BCUT2D eigenvalue weighted by Crippen LogP contribution is 2.20. The lowest BCUT2D eigenvalue weighted by atomic mass is 10.1. The van der Waals surface area contributed by atoms with Crippen LogP contribution in [0.15, 0.2) is 48.5 Å². The summed E-state index contributed by atoms with van der Waals surface area (Å²) in [6.07, 6.45) is 0. The van der Waals surface area contributed by atoms with Crippen LogP contribution in [-0.2, 0) is 24.4 Å². The molecular formula is C23H27ClN6OS. The largest absolute Gasteiger partial charge is 0.350 e. The first-order chi connectivity index (χ1) is 15.5. The van der Waals surface area contributed by atoms with Crippen molar-refractivity contribution in [2.75, 3.05) is 33.2 Å². The molecule has 0 aliphatic carbocycles. The van der Waals surface area contributed by atoms with E-state index in [0.29, 0.717) is 22.2 Å². The molecule has 1 aliphatic rings. The number of carbonyl (C=O) groups is 1.